The second kappa shape index (κ2) is 16.6. The Morgan fingerprint density at radius 1 is 1.08 bits per heavy atom. The van der Waals surface area contributed by atoms with Gasteiger partial charge in [0, 0.05) is 31.2 Å². The maximum Gasteiger partial charge on any atom is 0.329 e. The number of nitrogens with one attached hydrogen (secondary N) is 3. The second-order valence-electron chi connectivity index (χ2n) is 11.8. The van der Waals surface area contributed by atoms with Crippen molar-refractivity contribution in [2.24, 2.45) is 11.7 Å². The SMILES string of the molecule is COC(=O)C(CC(=O)O)N(Cc1ccc(Cl)cc1)C(=O)[C@H](CC(=O)NC[C@@H]1CCCN(C(=N)N)C1)NS(=O)(=O)c1ccc2ccccc2c1. The fourth-order valence-electron chi connectivity index (χ4n) is 5.69. The highest BCUT2D eigenvalue weighted by Crippen LogP contribution is 2.22. The number of likely N-dealkylation sites (tertiary alicyclic amines) is 1. The number of esters is 1. The van der Waals surface area contributed by atoms with E-state index in [4.69, 9.17) is 27.5 Å². The number of nitrogens with two attached hydrogens (primary N) is 1. The van der Waals surface area contributed by atoms with Crippen molar-refractivity contribution in [1.82, 2.24) is 19.8 Å². The van der Waals surface area contributed by atoms with Gasteiger partial charge in [-0.1, -0.05) is 54.1 Å². The highest BCUT2D eigenvalue weighted by molar-refractivity contribution is 7.89. The average Bonchev–Trinajstić information content (AvgIpc) is 3.08. The summed E-state index contributed by atoms with van der Waals surface area (Å²) in [5.41, 5.74) is 6.09. The van der Waals surface area contributed by atoms with Crippen LogP contribution in [-0.4, -0.2) is 91.9 Å². The third kappa shape index (κ3) is 10.1. The van der Waals surface area contributed by atoms with Crippen LogP contribution in [-0.2, 0) is 40.5 Å². The lowest BCUT2D eigenvalue weighted by Crippen LogP contribution is -2.55. The van der Waals surface area contributed by atoms with Crippen LogP contribution in [0.15, 0.2) is 71.6 Å². The van der Waals surface area contributed by atoms with Crippen LogP contribution in [0.4, 0.5) is 0 Å². The third-order valence-electron chi connectivity index (χ3n) is 8.23. The molecule has 0 spiro atoms. The molecule has 0 aliphatic carbocycles. The molecule has 0 radical (unpaired) electrons. The molecule has 6 N–H and O–H groups in total. The summed E-state index contributed by atoms with van der Waals surface area (Å²) in [6, 6.07) is 14.3. The van der Waals surface area contributed by atoms with E-state index in [1.807, 2.05) is 6.07 Å². The maximum atomic E-state index is 14.4. The summed E-state index contributed by atoms with van der Waals surface area (Å²) in [7, 11) is -3.42. The number of halogens is 1. The van der Waals surface area contributed by atoms with Gasteiger partial charge in [-0.25, -0.2) is 13.2 Å². The quantitative estimate of drug-likeness (QED) is 0.0934. The maximum absolute atomic E-state index is 14.4. The van der Waals surface area contributed by atoms with E-state index in [0.29, 0.717) is 29.1 Å². The van der Waals surface area contributed by atoms with Crippen molar-refractivity contribution in [1.29, 1.82) is 5.41 Å². The molecule has 1 saturated heterocycles. The highest BCUT2D eigenvalue weighted by Gasteiger charge is 2.39. The number of fused-ring (bicyclic) bond motifs is 1. The number of piperidine rings is 1. The summed E-state index contributed by atoms with van der Waals surface area (Å²) in [4.78, 5) is 55.0. The fourth-order valence-corrected chi connectivity index (χ4v) is 7.04. The summed E-state index contributed by atoms with van der Waals surface area (Å²) >= 11 is 6.03. The number of ether oxygens (including phenoxy) is 1. The number of carboxylic acid groups (broad SMARTS) is 1. The Balaban J connectivity index is 1.68. The normalized spacial score (nSPS) is 16.0. The zero-order valence-corrected chi connectivity index (χ0v) is 28.4. The van der Waals surface area contributed by atoms with E-state index in [-0.39, 0.29) is 29.9 Å². The average molecular weight is 715 g/mol. The van der Waals surface area contributed by atoms with Gasteiger partial charge in [0.15, 0.2) is 5.96 Å². The number of hydrogen-bond acceptors (Lipinski definition) is 8. The van der Waals surface area contributed by atoms with E-state index in [1.54, 1.807) is 41.3 Å². The minimum Gasteiger partial charge on any atom is -0.481 e. The molecule has 0 bridgehead atoms. The molecule has 1 fully saturated rings. The van der Waals surface area contributed by atoms with Crippen LogP contribution in [0.3, 0.4) is 0 Å². The minimum absolute atomic E-state index is 0.0503. The Hall–Kier alpha value is -4.73. The first kappa shape index (κ1) is 37.1. The van der Waals surface area contributed by atoms with Crippen molar-refractivity contribution < 1.29 is 37.4 Å². The molecular weight excluding hydrogens is 676 g/mol. The molecule has 14 nitrogen and oxygen atoms in total. The van der Waals surface area contributed by atoms with Crippen LogP contribution in [0.25, 0.3) is 10.8 Å². The number of nitrogens with zero attached hydrogens (tertiary/aromatic N) is 2. The molecule has 1 heterocycles. The summed E-state index contributed by atoms with van der Waals surface area (Å²) in [6.07, 6.45) is -0.0135. The summed E-state index contributed by atoms with van der Waals surface area (Å²) in [5.74, 6) is -4.27. The van der Waals surface area contributed by atoms with E-state index in [1.165, 1.54) is 24.3 Å². The highest BCUT2D eigenvalue weighted by atomic mass is 35.5. The molecule has 49 heavy (non-hydrogen) atoms. The monoisotopic (exact) mass is 714 g/mol. The van der Waals surface area contributed by atoms with Gasteiger partial charge in [-0.3, -0.25) is 19.8 Å². The number of benzene rings is 3. The number of hydrogen-bond donors (Lipinski definition) is 5. The van der Waals surface area contributed by atoms with E-state index in [9.17, 15) is 32.7 Å². The number of aliphatic carboxylic acids is 1. The van der Waals surface area contributed by atoms with Gasteiger partial charge in [0.05, 0.1) is 24.8 Å². The fraction of sp³-hybridized carbons (Fsp3) is 0.364. The molecule has 262 valence electrons. The van der Waals surface area contributed by atoms with Crippen molar-refractivity contribution in [2.45, 2.75) is 49.2 Å². The molecule has 1 aliphatic heterocycles. The molecule has 3 aromatic carbocycles. The van der Waals surface area contributed by atoms with Crippen LogP contribution >= 0.6 is 11.6 Å². The van der Waals surface area contributed by atoms with Gasteiger partial charge in [0.2, 0.25) is 21.8 Å². The molecule has 0 aromatic heterocycles. The van der Waals surface area contributed by atoms with Gasteiger partial charge < -0.3 is 30.7 Å². The number of rotatable bonds is 14. The van der Waals surface area contributed by atoms with E-state index >= 15 is 0 Å². The third-order valence-corrected chi connectivity index (χ3v) is 9.95. The summed E-state index contributed by atoms with van der Waals surface area (Å²) in [6.45, 7) is 0.909. The first-order valence-electron chi connectivity index (χ1n) is 15.5. The van der Waals surface area contributed by atoms with Gasteiger partial charge in [0.1, 0.15) is 12.1 Å². The molecule has 1 aliphatic rings. The number of guanidine groups is 1. The minimum atomic E-state index is -4.45. The zero-order chi connectivity index (χ0) is 35.7. The number of carbonyl (C=O) groups excluding carboxylic acids is 3. The zero-order valence-electron chi connectivity index (χ0n) is 26.8. The molecular formula is C33H39ClN6O8S. The van der Waals surface area contributed by atoms with Crippen molar-refractivity contribution in [3.63, 3.8) is 0 Å². The lowest BCUT2D eigenvalue weighted by molar-refractivity contribution is -0.158. The predicted molar refractivity (Wildman–Crippen MR) is 182 cm³/mol. The van der Waals surface area contributed by atoms with Crippen LogP contribution in [0.5, 0.6) is 0 Å². The Bertz CT molecular complexity index is 1810. The van der Waals surface area contributed by atoms with Crippen LogP contribution in [0.1, 0.15) is 31.2 Å². The lowest BCUT2D eigenvalue weighted by atomic mass is 9.98. The number of carbonyl (C=O) groups is 4. The summed E-state index contributed by atoms with van der Waals surface area (Å²) < 4.78 is 34.8. The number of amides is 2. The van der Waals surface area contributed by atoms with Crippen molar-refractivity contribution >= 4 is 62.1 Å². The first-order valence-corrected chi connectivity index (χ1v) is 17.3. The molecule has 3 aromatic rings. The molecule has 3 atom stereocenters. The number of sulfonamides is 1. The standard InChI is InChI=1S/C33H39ClN6O8S/c1-48-32(45)28(17-30(42)43)40(20-21-8-11-25(34)12-9-21)31(44)27(16-29(41)37-18-22-5-4-14-39(19-22)33(35)36)38-49(46,47)26-13-10-23-6-2-3-7-24(23)15-26/h2-3,6-13,15,22,27-28,38H,4-5,14,16-20H2,1H3,(H3,35,36)(H,37,41)(H,42,43)/t22-,27-,28?/m0/s1. The Morgan fingerprint density at radius 2 is 1.78 bits per heavy atom. The number of carboxylic acids is 1. The topological polar surface area (TPSA) is 212 Å². The Labute approximate surface area is 289 Å². The van der Waals surface area contributed by atoms with Crippen LogP contribution in [0, 0.1) is 11.3 Å². The molecule has 2 amide bonds. The van der Waals surface area contributed by atoms with Gasteiger partial charge in [0.25, 0.3) is 0 Å². The first-order chi connectivity index (χ1) is 23.3. The van der Waals surface area contributed by atoms with Crippen LogP contribution in [0.2, 0.25) is 5.02 Å². The lowest BCUT2D eigenvalue weighted by Gasteiger charge is -2.33. The van der Waals surface area contributed by atoms with Crippen LogP contribution < -0.4 is 15.8 Å². The van der Waals surface area contributed by atoms with Crippen molar-refractivity contribution in [2.75, 3.05) is 26.7 Å². The van der Waals surface area contributed by atoms with Gasteiger partial charge in [-0.2, -0.15) is 4.72 Å². The molecule has 0 saturated carbocycles. The molecule has 16 heteroatoms. The van der Waals surface area contributed by atoms with E-state index in [0.717, 1.165) is 30.2 Å². The van der Waals surface area contributed by atoms with Gasteiger partial charge in [-0.15, -0.1) is 0 Å². The largest absolute Gasteiger partial charge is 0.481 e. The van der Waals surface area contributed by atoms with E-state index in [2.05, 4.69) is 10.0 Å². The Kier molecular flexibility index (Phi) is 12.6. The summed E-state index contributed by atoms with van der Waals surface area (Å²) in [5, 5.41) is 21.9. The molecule has 4 rings (SSSR count). The smallest absolute Gasteiger partial charge is 0.329 e. The Morgan fingerprint density at radius 3 is 2.43 bits per heavy atom. The van der Waals surface area contributed by atoms with Gasteiger partial charge in [-0.05, 0) is 59.4 Å². The predicted octanol–water partition coefficient (Wildman–Crippen LogP) is 2.30. The van der Waals surface area contributed by atoms with Gasteiger partial charge >= 0.3 is 11.9 Å². The van der Waals surface area contributed by atoms with E-state index < -0.39 is 58.7 Å². The second-order valence-corrected chi connectivity index (χ2v) is 13.9. The van der Waals surface area contributed by atoms with Crippen molar-refractivity contribution in [3.8, 4) is 0 Å². The van der Waals surface area contributed by atoms with Crippen molar-refractivity contribution in [3.05, 3.63) is 77.3 Å². The molecule has 1 unspecified atom stereocenters. The number of methoxy groups -OCH3 is 1.